The molecule has 27 heavy (non-hydrogen) atoms. The van der Waals surface area contributed by atoms with Gasteiger partial charge >= 0.3 is 12.6 Å². The molecule has 1 aromatic carbocycles. The van der Waals surface area contributed by atoms with Gasteiger partial charge in [0.1, 0.15) is 6.04 Å². The normalized spacial score (nSPS) is 22.0. The summed E-state index contributed by atoms with van der Waals surface area (Å²) >= 11 is 0. The molecule has 1 aromatic rings. The molecule has 0 spiro atoms. The van der Waals surface area contributed by atoms with E-state index in [1.165, 1.54) is 17.9 Å². The number of rotatable bonds is 8. The van der Waals surface area contributed by atoms with E-state index < -0.39 is 18.6 Å². The monoisotopic (exact) mass is 384 g/mol. The number of carbonyl (C=O) groups excluding carboxylic acids is 1. The number of carbonyl (C=O) groups is 2. The van der Waals surface area contributed by atoms with Gasteiger partial charge in [0.2, 0.25) is 5.91 Å². The molecule has 148 valence electrons. The van der Waals surface area contributed by atoms with Crippen molar-refractivity contribution in [2.24, 2.45) is 5.92 Å². The summed E-state index contributed by atoms with van der Waals surface area (Å²) in [7, 11) is 0. The van der Waals surface area contributed by atoms with E-state index in [0.29, 0.717) is 18.2 Å². The van der Waals surface area contributed by atoms with Gasteiger partial charge in [0.05, 0.1) is 6.61 Å². The van der Waals surface area contributed by atoms with Gasteiger partial charge in [-0.2, -0.15) is 8.78 Å². The molecule has 0 bridgehead atoms. The number of nitrogens with zero attached hydrogens (tertiary/aromatic N) is 1. The van der Waals surface area contributed by atoms with Gasteiger partial charge in [-0.25, -0.2) is 4.79 Å². The minimum atomic E-state index is -2.96. The highest BCUT2D eigenvalue weighted by Crippen LogP contribution is 2.36. The van der Waals surface area contributed by atoms with Gasteiger partial charge in [0.15, 0.2) is 11.5 Å². The standard InChI is InChI=1S/C18H22F2N2O5/c1-10(23)22-8-13(6-14(22)17(24)25)21-12-4-5-15(27-18(19)20)16(7-12)26-9-11-2-3-11/h4-5,7,11,13-14,18,21H,2-3,6,8-9H2,1H3,(H,24,25)/t13?,14-/m0/s1. The van der Waals surface area contributed by atoms with E-state index in [1.807, 2.05) is 0 Å². The summed E-state index contributed by atoms with van der Waals surface area (Å²) in [4.78, 5) is 24.3. The molecule has 1 saturated heterocycles. The predicted molar refractivity (Wildman–Crippen MR) is 92.1 cm³/mol. The van der Waals surface area contributed by atoms with Crippen molar-refractivity contribution in [1.29, 1.82) is 0 Å². The summed E-state index contributed by atoms with van der Waals surface area (Å²) in [6.07, 6.45) is 2.37. The first-order chi connectivity index (χ1) is 12.8. The lowest BCUT2D eigenvalue weighted by molar-refractivity contribution is -0.147. The first-order valence-electron chi connectivity index (χ1n) is 8.81. The van der Waals surface area contributed by atoms with Gasteiger partial charge in [-0.05, 0) is 30.9 Å². The van der Waals surface area contributed by atoms with Crippen LogP contribution in [0.3, 0.4) is 0 Å². The lowest BCUT2D eigenvalue weighted by Crippen LogP contribution is -2.39. The first-order valence-corrected chi connectivity index (χ1v) is 8.81. The molecule has 0 radical (unpaired) electrons. The Morgan fingerprint density at radius 1 is 1.33 bits per heavy atom. The minimum absolute atomic E-state index is 0.0450. The summed E-state index contributed by atoms with van der Waals surface area (Å²) in [5, 5.41) is 12.4. The van der Waals surface area contributed by atoms with Crippen LogP contribution in [0.4, 0.5) is 14.5 Å². The van der Waals surface area contributed by atoms with Gasteiger partial charge in [-0.3, -0.25) is 4.79 Å². The average molecular weight is 384 g/mol. The Hall–Kier alpha value is -2.58. The summed E-state index contributed by atoms with van der Waals surface area (Å²) in [5.41, 5.74) is 0.585. The summed E-state index contributed by atoms with van der Waals surface area (Å²) in [6, 6.07) is 3.36. The highest BCUT2D eigenvalue weighted by Gasteiger charge is 2.38. The maximum atomic E-state index is 12.6. The van der Waals surface area contributed by atoms with Crippen molar-refractivity contribution in [3.8, 4) is 11.5 Å². The molecule has 1 amide bonds. The molecule has 2 fully saturated rings. The van der Waals surface area contributed by atoms with Crippen LogP contribution in [-0.4, -0.2) is 53.7 Å². The molecule has 1 saturated carbocycles. The van der Waals surface area contributed by atoms with E-state index in [4.69, 9.17) is 4.74 Å². The van der Waals surface area contributed by atoms with Crippen molar-refractivity contribution in [2.45, 2.75) is 44.9 Å². The van der Waals surface area contributed by atoms with Crippen LogP contribution in [0.25, 0.3) is 0 Å². The molecule has 1 heterocycles. The van der Waals surface area contributed by atoms with Crippen LogP contribution in [0, 0.1) is 5.92 Å². The van der Waals surface area contributed by atoms with Crippen molar-refractivity contribution in [2.75, 3.05) is 18.5 Å². The molecule has 1 aliphatic heterocycles. The van der Waals surface area contributed by atoms with Gasteiger partial charge < -0.3 is 24.8 Å². The molecule has 1 aliphatic carbocycles. The molecular weight excluding hydrogens is 362 g/mol. The predicted octanol–water partition coefficient (Wildman–Crippen LogP) is 2.56. The van der Waals surface area contributed by atoms with Crippen LogP contribution in [0.15, 0.2) is 18.2 Å². The maximum Gasteiger partial charge on any atom is 0.387 e. The van der Waals surface area contributed by atoms with E-state index in [-0.39, 0.29) is 36.4 Å². The van der Waals surface area contributed by atoms with Gasteiger partial charge in [0.25, 0.3) is 0 Å². The summed E-state index contributed by atoms with van der Waals surface area (Å²) < 4.78 is 35.3. The second kappa shape index (κ2) is 7.98. The Kier molecular flexibility index (Phi) is 5.67. The van der Waals surface area contributed by atoms with Crippen LogP contribution in [0.5, 0.6) is 11.5 Å². The zero-order chi connectivity index (χ0) is 19.6. The third-order valence-corrected chi connectivity index (χ3v) is 4.69. The molecular formula is C18H22F2N2O5. The Balaban J connectivity index is 1.71. The number of anilines is 1. The van der Waals surface area contributed by atoms with Crippen LogP contribution >= 0.6 is 0 Å². The number of nitrogens with one attached hydrogen (secondary N) is 1. The number of benzene rings is 1. The number of hydrogen-bond acceptors (Lipinski definition) is 5. The Morgan fingerprint density at radius 3 is 2.63 bits per heavy atom. The topological polar surface area (TPSA) is 88.1 Å². The van der Waals surface area contributed by atoms with E-state index in [0.717, 1.165) is 12.8 Å². The van der Waals surface area contributed by atoms with Crippen LogP contribution in [0.2, 0.25) is 0 Å². The smallest absolute Gasteiger partial charge is 0.387 e. The fourth-order valence-electron chi connectivity index (χ4n) is 3.15. The molecule has 0 aromatic heterocycles. The van der Waals surface area contributed by atoms with E-state index in [9.17, 15) is 23.5 Å². The Labute approximate surface area is 155 Å². The van der Waals surface area contributed by atoms with E-state index in [2.05, 4.69) is 10.1 Å². The molecule has 9 heteroatoms. The number of aliphatic carboxylic acids is 1. The molecule has 2 N–H and O–H groups in total. The van der Waals surface area contributed by atoms with Crippen molar-refractivity contribution in [3.63, 3.8) is 0 Å². The number of hydrogen-bond donors (Lipinski definition) is 2. The number of likely N-dealkylation sites (tertiary alicyclic amines) is 1. The summed E-state index contributed by atoms with van der Waals surface area (Å²) in [5.74, 6) is -0.749. The number of halogens is 2. The van der Waals surface area contributed by atoms with E-state index >= 15 is 0 Å². The SMILES string of the molecule is CC(=O)N1CC(Nc2ccc(OC(F)F)c(OCC3CC3)c2)C[C@H]1C(=O)O. The molecule has 3 rings (SSSR count). The van der Waals surface area contributed by atoms with Crippen molar-refractivity contribution < 1.29 is 33.0 Å². The van der Waals surface area contributed by atoms with Gasteiger partial charge in [-0.1, -0.05) is 0 Å². The third kappa shape index (κ3) is 4.99. The second-order valence-corrected chi connectivity index (χ2v) is 6.90. The van der Waals surface area contributed by atoms with Crippen molar-refractivity contribution in [3.05, 3.63) is 18.2 Å². The Morgan fingerprint density at radius 2 is 2.07 bits per heavy atom. The average Bonchev–Trinajstić information content (AvgIpc) is 3.32. The van der Waals surface area contributed by atoms with Crippen LogP contribution in [0.1, 0.15) is 26.2 Å². The quantitative estimate of drug-likeness (QED) is 0.716. The summed E-state index contributed by atoms with van der Waals surface area (Å²) in [6.45, 7) is -0.938. The second-order valence-electron chi connectivity index (χ2n) is 6.90. The fourth-order valence-corrected chi connectivity index (χ4v) is 3.15. The van der Waals surface area contributed by atoms with Gasteiger partial charge in [-0.15, -0.1) is 0 Å². The zero-order valence-electron chi connectivity index (χ0n) is 14.9. The van der Waals surface area contributed by atoms with E-state index in [1.54, 1.807) is 12.1 Å². The number of alkyl halides is 2. The highest BCUT2D eigenvalue weighted by molar-refractivity contribution is 5.83. The maximum absolute atomic E-state index is 12.6. The fraction of sp³-hybridized carbons (Fsp3) is 0.556. The lowest BCUT2D eigenvalue weighted by atomic mass is 10.1. The molecule has 7 nitrogen and oxygen atoms in total. The highest BCUT2D eigenvalue weighted by atomic mass is 19.3. The van der Waals surface area contributed by atoms with Crippen molar-refractivity contribution in [1.82, 2.24) is 4.90 Å². The molecule has 2 aliphatic rings. The number of amides is 1. The number of carboxylic acid groups (broad SMARTS) is 1. The Bertz CT molecular complexity index is 689. The number of ether oxygens (including phenoxy) is 2. The van der Waals surface area contributed by atoms with Gasteiger partial charge in [0, 0.05) is 37.7 Å². The molecule has 1 unspecified atom stereocenters. The largest absolute Gasteiger partial charge is 0.489 e. The molecule has 2 atom stereocenters. The van der Waals surface area contributed by atoms with Crippen LogP contribution in [-0.2, 0) is 9.59 Å². The van der Waals surface area contributed by atoms with Crippen molar-refractivity contribution >= 4 is 17.6 Å². The lowest BCUT2D eigenvalue weighted by Gasteiger charge is -2.19. The number of carboxylic acids is 1. The first kappa shape index (κ1) is 19.2. The zero-order valence-corrected chi connectivity index (χ0v) is 14.9. The van der Waals surface area contributed by atoms with Crippen LogP contribution < -0.4 is 14.8 Å². The third-order valence-electron chi connectivity index (χ3n) is 4.69. The minimum Gasteiger partial charge on any atom is -0.489 e.